The molecule has 21 heavy (non-hydrogen) atoms. The first-order valence-corrected chi connectivity index (χ1v) is 8.16. The van der Waals surface area contributed by atoms with Gasteiger partial charge in [-0.3, -0.25) is 0 Å². The number of anilines is 2. The van der Waals surface area contributed by atoms with E-state index in [0.29, 0.717) is 11.9 Å². The fourth-order valence-electron chi connectivity index (χ4n) is 2.62. The molecule has 1 fully saturated rings. The lowest BCUT2D eigenvalue weighted by atomic mass is 10.2. The highest BCUT2D eigenvalue weighted by molar-refractivity contribution is 6.28. The zero-order valence-electron chi connectivity index (χ0n) is 12.9. The van der Waals surface area contributed by atoms with E-state index < -0.39 is 0 Å². The maximum atomic E-state index is 5.92. The molecule has 0 spiro atoms. The van der Waals surface area contributed by atoms with Gasteiger partial charge in [-0.15, -0.1) is 0 Å². The first kappa shape index (κ1) is 16.2. The van der Waals surface area contributed by atoms with Gasteiger partial charge in [-0.05, 0) is 37.9 Å². The molecular weight excluding hydrogens is 288 g/mol. The number of rotatable bonds is 8. The maximum Gasteiger partial charge on any atom is 0.228 e. The van der Waals surface area contributed by atoms with Crippen LogP contribution in [0.4, 0.5) is 11.9 Å². The predicted octanol–water partition coefficient (Wildman–Crippen LogP) is 2.63. The van der Waals surface area contributed by atoms with Crippen molar-refractivity contribution < 1.29 is 0 Å². The number of likely N-dealkylation sites (N-methyl/N-ethyl adjacent to an activating group) is 1. The van der Waals surface area contributed by atoms with E-state index in [1.807, 2.05) is 0 Å². The average molecular weight is 313 g/mol. The first-order chi connectivity index (χ1) is 10.2. The van der Waals surface area contributed by atoms with Crippen molar-refractivity contribution in [2.45, 2.75) is 45.1 Å². The highest BCUT2D eigenvalue weighted by Gasteiger charge is 2.18. The van der Waals surface area contributed by atoms with Crippen LogP contribution in [0.2, 0.25) is 5.28 Å². The fourth-order valence-corrected chi connectivity index (χ4v) is 2.78. The van der Waals surface area contributed by atoms with Crippen LogP contribution in [0.15, 0.2) is 0 Å². The normalized spacial score (nSPS) is 15.6. The molecule has 0 aromatic carbocycles. The Balaban J connectivity index is 1.80. The van der Waals surface area contributed by atoms with Crippen LogP contribution in [0.5, 0.6) is 0 Å². The zero-order chi connectivity index (χ0) is 15.1. The van der Waals surface area contributed by atoms with Gasteiger partial charge >= 0.3 is 0 Å². The molecule has 7 heteroatoms. The lowest BCUT2D eigenvalue weighted by Crippen LogP contribution is -2.33. The Morgan fingerprint density at radius 1 is 1.10 bits per heavy atom. The molecule has 1 aromatic heterocycles. The van der Waals surface area contributed by atoms with Gasteiger partial charge < -0.3 is 15.5 Å². The molecule has 1 heterocycles. The number of nitrogens with zero attached hydrogens (tertiary/aromatic N) is 4. The molecule has 2 N–H and O–H groups in total. The van der Waals surface area contributed by atoms with Gasteiger partial charge in [0.15, 0.2) is 0 Å². The number of aromatic nitrogens is 3. The maximum absolute atomic E-state index is 5.92. The van der Waals surface area contributed by atoms with Crippen molar-refractivity contribution in [2.75, 3.05) is 37.3 Å². The smallest absolute Gasteiger partial charge is 0.228 e. The summed E-state index contributed by atoms with van der Waals surface area (Å²) in [6, 6.07) is 0.732. The Bertz CT molecular complexity index is 435. The van der Waals surface area contributed by atoms with Crippen LogP contribution in [0.3, 0.4) is 0 Å². The molecule has 1 aromatic rings. The molecule has 2 rings (SSSR count). The molecule has 118 valence electrons. The van der Waals surface area contributed by atoms with Gasteiger partial charge in [-0.1, -0.05) is 19.8 Å². The molecule has 1 saturated carbocycles. The minimum Gasteiger partial charge on any atom is -0.354 e. The quantitative estimate of drug-likeness (QED) is 0.769. The molecule has 0 bridgehead atoms. The van der Waals surface area contributed by atoms with Crippen LogP contribution in [0, 0.1) is 0 Å². The summed E-state index contributed by atoms with van der Waals surface area (Å²) in [5.74, 6) is 1.07. The third-order valence-electron chi connectivity index (χ3n) is 3.84. The third kappa shape index (κ3) is 5.28. The van der Waals surface area contributed by atoms with Gasteiger partial charge in [0.25, 0.3) is 0 Å². The molecule has 0 unspecified atom stereocenters. The van der Waals surface area contributed by atoms with Crippen molar-refractivity contribution >= 4 is 23.5 Å². The van der Waals surface area contributed by atoms with Crippen molar-refractivity contribution in [3.05, 3.63) is 5.28 Å². The monoisotopic (exact) mass is 312 g/mol. The largest absolute Gasteiger partial charge is 0.354 e. The van der Waals surface area contributed by atoms with Crippen molar-refractivity contribution in [3.63, 3.8) is 0 Å². The molecule has 0 saturated heterocycles. The van der Waals surface area contributed by atoms with Crippen LogP contribution in [-0.4, -0.2) is 52.6 Å². The topological polar surface area (TPSA) is 66.0 Å². The van der Waals surface area contributed by atoms with Gasteiger partial charge in [0, 0.05) is 25.7 Å². The predicted molar refractivity (Wildman–Crippen MR) is 87.0 cm³/mol. The number of halogens is 1. The summed E-state index contributed by atoms with van der Waals surface area (Å²) < 4.78 is 0. The lowest BCUT2D eigenvalue weighted by Gasteiger charge is -2.23. The number of hydrogen-bond donors (Lipinski definition) is 2. The highest BCUT2D eigenvalue weighted by atomic mass is 35.5. The molecule has 0 amide bonds. The lowest BCUT2D eigenvalue weighted by molar-refractivity contribution is 0.254. The summed E-state index contributed by atoms with van der Waals surface area (Å²) >= 11 is 5.92. The Morgan fingerprint density at radius 3 is 2.33 bits per heavy atom. The van der Waals surface area contributed by atoms with E-state index in [1.54, 1.807) is 0 Å². The van der Waals surface area contributed by atoms with Gasteiger partial charge in [-0.2, -0.15) is 15.0 Å². The Hall–Kier alpha value is -1.14. The summed E-state index contributed by atoms with van der Waals surface area (Å²) in [6.07, 6.45) is 6.37. The Morgan fingerprint density at radius 2 is 1.71 bits per heavy atom. The summed E-state index contributed by atoms with van der Waals surface area (Å²) in [4.78, 5) is 14.9. The second-order valence-electron chi connectivity index (χ2n) is 5.52. The van der Waals surface area contributed by atoms with E-state index in [-0.39, 0.29) is 5.28 Å². The highest BCUT2D eigenvalue weighted by Crippen LogP contribution is 2.21. The van der Waals surface area contributed by atoms with Gasteiger partial charge in [0.1, 0.15) is 0 Å². The van der Waals surface area contributed by atoms with E-state index in [1.165, 1.54) is 25.7 Å². The molecule has 0 aliphatic heterocycles. The van der Waals surface area contributed by atoms with E-state index in [4.69, 9.17) is 11.6 Å². The summed E-state index contributed by atoms with van der Waals surface area (Å²) in [7, 11) is 2.19. The summed E-state index contributed by atoms with van der Waals surface area (Å²) in [5, 5.41) is 6.57. The number of hydrogen-bond acceptors (Lipinski definition) is 6. The second-order valence-corrected chi connectivity index (χ2v) is 5.86. The zero-order valence-corrected chi connectivity index (χ0v) is 13.7. The molecule has 6 nitrogen and oxygen atoms in total. The van der Waals surface area contributed by atoms with Gasteiger partial charge in [0.05, 0.1) is 0 Å². The minimum atomic E-state index is 0.218. The van der Waals surface area contributed by atoms with E-state index in [0.717, 1.165) is 32.1 Å². The van der Waals surface area contributed by atoms with Crippen LogP contribution in [-0.2, 0) is 0 Å². The molecule has 1 aliphatic rings. The van der Waals surface area contributed by atoms with Gasteiger partial charge in [0.2, 0.25) is 17.2 Å². The van der Waals surface area contributed by atoms with Crippen molar-refractivity contribution in [1.29, 1.82) is 0 Å². The Labute approximate surface area is 131 Å². The molecule has 0 radical (unpaired) electrons. The SMILES string of the molecule is CCCNc1nc(Cl)nc(NCCN(C)C2CCCC2)n1. The molecular formula is C14H25ClN6. The van der Waals surface area contributed by atoms with Crippen LogP contribution < -0.4 is 10.6 Å². The minimum absolute atomic E-state index is 0.218. The van der Waals surface area contributed by atoms with Crippen molar-refractivity contribution in [2.24, 2.45) is 0 Å². The van der Waals surface area contributed by atoms with Crippen LogP contribution in [0.1, 0.15) is 39.0 Å². The van der Waals surface area contributed by atoms with E-state index in [9.17, 15) is 0 Å². The number of nitrogens with one attached hydrogen (secondary N) is 2. The molecule has 1 aliphatic carbocycles. The third-order valence-corrected chi connectivity index (χ3v) is 4.01. The summed E-state index contributed by atoms with van der Waals surface area (Å²) in [6.45, 7) is 4.70. The molecule has 0 atom stereocenters. The van der Waals surface area contributed by atoms with E-state index in [2.05, 4.69) is 44.5 Å². The Kier molecular flexibility index (Phi) is 6.45. The second kappa shape index (κ2) is 8.34. The van der Waals surface area contributed by atoms with Crippen LogP contribution in [0.25, 0.3) is 0 Å². The average Bonchev–Trinajstić information content (AvgIpc) is 2.99. The fraction of sp³-hybridized carbons (Fsp3) is 0.786. The van der Waals surface area contributed by atoms with E-state index >= 15 is 0 Å². The standard InChI is InChI=1S/C14H25ClN6/c1-3-8-16-13-18-12(15)19-14(20-13)17-9-10-21(2)11-6-4-5-7-11/h11H,3-10H2,1-2H3,(H2,16,17,18,19,20). The van der Waals surface area contributed by atoms with Crippen LogP contribution >= 0.6 is 11.6 Å². The van der Waals surface area contributed by atoms with Gasteiger partial charge in [-0.25, -0.2) is 0 Å². The van der Waals surface area contributed by atoms with Crippen molar-refractivity contribution in [1.82, 2.24) is 19.9 Å². The first-order valence-electron chi connectivity index (χ1n) is 7.78. The van der Waals surface area contributed by atoms with Crippen molar-refractivity contribution in [3.8, 4) is 0 Å². The summed E-state index contributed by atoms with van der Waals surface area (Å²) in [5.41, 5.74) is 0.